The molecule has 0 unspecified atom stereocenters. The molecule has 17 heavy (non-hydrogen) atoms. The molecule has 0 atom stereocenters. The van der Waals surface area contributed by atoms with Gasteiger partial charge in [0.1, 0.15) is 5.75 Å². The number of rotatable bonds is 4. The predicted octanol–water partition coefficient (Wildman–Crippen LogP) is 2.66. The number of hydrogen-bond donors (Lipinski definition) is 1. The molecule has 0 heterocycles. The molecule has 0 amide bonds. The first-order valence-electron chi connectivity index (χ1n) is 5.71. The van der Waals surface area contributed by atoms with Crippen LogP contribution in [-0.4, -0.2) is 19.4 Å². The van der Waals surface area contributed by atoms with E-state index in [-0.39, 0.29) is 11.2 Å². The van der Waals surface area contributed by atoms with Gasteiger partial charge in [0.05, 0.1) is 12.1 Å². The largest absolute Gasteiger partial charge is 0.495 e. The van der Waals surface area contributed by atoms with Crippen molar-refractivity contribution in [2.75, 3.05) is 13.7 Å². The first-order chi connectivity index (χ1) is 8.13. The minimum absolute atomic E-state index is 0.107. The fourth-order valence-corrected chi connectivity index (χ4v) is 2.50. The number of benzene rings is 1. The third-order valence-corrected chi connectivity index (χ3v) is 3.89. The fourth-order valence-electron chi connectivity index (χ4n) is 2.24. The van der Waals surface area contributed by atoms with Crippen LogP contribution in [0, 0.1) is 5.41 Å². The van der Waals surface area contributed by atoms with Crippen molar-refractivity contribution < 1.29 is 9.53 Å². The Labute approximate surface area is 106 Å². The summed E-state index contributed by atoms with van der Waals surface area (Å²) >= 11 is 6.02. The lowest BCUT2D eigenvalue weighted by Crippen LogP contribution is -2.44. The standard InChI is InChI=1S/C13H16ClNO2/c1-17-11-4-3-9(7-10(11)14)12(16)13(8-15)5-2-6-13/h3-4,7H,2,5-6,8,15H2,1H3. The third-order valence-electron chi connectivity index (χ3n) is 3.60. The molecular weight excluding hydrogens is 238 g/mol. The molecule has 1 aromatic carbocycles. The highest BCUT2D eigenvalue weighted by atomic mass is 35.5. The van der Waals surface area contributed by atoms with Crippen LogP contribution in [0.4, 0.5) is 0 Å². The Kier molecular flexibility index (Phi) is 3.40. The van der Waals surface area contributed by atoms with E-state index >= 15 is 0 Å². The number of Topliss-reactive ketones (excluding diaryl/α,β-unsaturated/α-hetero) is 1. The van der Waals surface area contributed by atoms with Crippen LogP contribution in [0.5, 0.6) is 5.75 Å². The van der Waals surface area contributed by atoms with E-state index in [1.54, 1.807) is 25.3 Å². The van der Waals surface area contributed by atoms with Gasteiger partial charge in [-0.05, 0) is 31.0 Å². The van der Waals surface area contributed by atoms with Crippen LogP contribution in [0.2, 0.25) is 5.02 Å². The van der Waals surface area contributed by atoms with Crippen molar-refractivity contribution in [3.05, 3.63) is 28.8 Å². The maximum atomic E-state index is 12.4. The van der Waals surface area contributed by atoms with Crippen LogP contribution < -0.4 is 10.5 Å². The van der Waals surface area contributed by atoms with Gasteiger partial charge in [0.15, 0.2) is 5.78 Å². The van der Waals surface area contributed by atoms with E-state index in [0.717, 1.165) is 19.3 Å². The Bertz CT molecular complexity index is 436. The number of methoxy groups -OCH3 is 1. The van der Waals surface area contributed by atoms with E-state index in [2.05, 4.69) is 0 Å². The molecule has 1 aromatic rings. The predicted molar refractivity (Wildman–Crippen MR) is 67.7 cm³/mol. The van der Waals surface area contributed by atoms with E-state index in [0.29, 0.717) is 22.9 Å². The average molecular weight is 254 g/mol. The van der Waals surface area contributed by atoms with Gasteiger partial charge in [-0.25, -0.2) is 0 Å². The molecule has 0 saturated heterocycles. The number of halogens is 1. The first-order valence-corrected chi connectivity index (χ1v) is 6.09. The maximum absolute atomic E-state index is 12.4. The van der Waals surface area contributed by atoms with E-state index in [4.69, 9.17) is 22.1 Å². The van der Waals surface area contributed by atoms with Crippen molar-refractivity contribution in [1.82, 2.24) is 0 Å². The van der Waals surface area contributed by atoms with Gasteiger partial charge in [0, 0.05) is 17.5 Å². The van der Waals surface area contributed by atoms with Crippen molar-refractivity contribution in [2.24, 2.45) is 11.1 Å². The average Bonchev–Trinajstić information content (AvgIpc) is 2.28. The van der Waals surface area contributed by atoms with Gasteiger partial charge in [-0.15, -0.1) is 0 Å². The zero-order valence-corrected chi connectivity index (χ0v) is 10.6. The second-order valence-corrected chi connectivity index (χ2v) is 4.92. The van der Waals surface area contributed by atoms with Crippen LogP contribution in [0.25, 0.3) is 0 Å². The van der Waals surface area contributed by atoms with Crippen molar-refractivity contribution >= 4 is 17.4 Å². The molecular formula is C13H16ClNO2. The summed E-state index contributed by atoms with van der Waals surface area (Å²) in [6.07, 6.45) is 2.84. The van der Waals surface area contributed by atoms with Gasteiger partial charge in [-0.1, -0.05) is 18.0 Å². The number of hydrogen-bond acceptors (Lipinski definition) is 3. The Balaban J connectivity index is 2.28. The smallest absolute Gasteiger partial charge is 0.170 e. The summed E-state index contributed by atoms with van der Waals surface area (Å²) in [5.74, 6) is 0.689. The normalized spacial score (nSPS) is 17.4. The molecule has 3 nitrogen and oxygen atoms in total. The van der Waals surface area contributed by atoms with E-state index < -0.39 is 0 Å². The molecule has 0 spiro atoms. The topological polar surface area (TPSA) is 52.3 Å². The Morgan fingerprint density at radius 2 is 2.24 bits per heavy atom. The minimum Gasteiger partial charge on any atom is -0.495 e. The molecule has 0 aliphatic heterocycles. The monoisotopic (exact) mass is 253 g/mol. The molecule has 0 bridgehead atoms. The fraction of sp³-hybridized carbons (Fsp3) is 0.462. The molecule has 1 aliphatic carbocycles. The molecule has 0 radical (unpaired) electrons. The summed E-state index contributed by atoms with van der Waals surface area (Å²) in [5.41, 5.74) is 6.00. The number of ether oxygens (including phenoxy) is 1. The number of carbonyl (C=O) groups excluding carboxylic acids is 1. The molecule has 1 fully saturated rings. The van der Waals surface area contributed by atoms with Gasteiger partial charge >= 0.3 is 0 Å². The van der Waals surface area contributed by atoms with Gasteiger partial charge in [0.2, 0.25) is 0 Å². The zero-order valence-electron chi connectivity index (χ0n) is 9.83. The highest BCUT2D eigenvalue weighted by molar-refractivity contribution is 6.32. The summed E-state index contributed by atoms with van der Waals surface area (Å²) in [7, 11) is 1.55. The SMILES string of the molecule is COc1ccc(C(=O)C2(CN)CCC2)cc1Cl. The van der Waals surface area contributed by atoms with E-state index in [1.165, 1.54) is 0 Å². The van der Waals surface area contributed by atoms with Crippen LogP contribution in [-0.2, 0) is 0 Å². The van der Waals surface area contributed by atoms with Crippen LogP contribution in [0.3, 0.4) is 0 Å². The highest BCUT2D eigenvalue weighted by Crippen LogP contribution is 2.43. The molecule has 1 aliphatic rings. The molecule has 92 valence electrons. The quantitative estimate of drug-likeness (QED) is 0.840. The molecule has 1 saturated carbocycles. The summed E-state index contributed by atoms with van der Waals surface area (Å²) in [6.45, 7) is 0.412. The van der Waals surface area contributed by atoms with E-state index in [9.17, 15) is 4.79 Å². The number of ketones is 1. The van der Waals surface area contributed by atoms with Crippen LogP contribution >= 0.6 is 11.6 Å². The van der Waals surface area contributed by atoms with Crippen molar-refractivity contribution in [2.45, 2.75) is 19.3 Å². The van der Waals surface area contributed by atoms with Gasteiger partial charge in [0.25, 0.3) is 0 Å². The van der Waals surface area contributed by atoms with Crippen molar-refractivity contribution in [3.8, 4) is 5.75 Å². The van der Waals surface area contributed by atoms with Gasteiger partial charge in [-0.3, -0.25) is 4.79 Å². The highest BCUT2D eigenvalue weighted by Gasteiger charge is 2.43. The van der Waals surface area contributed by atoms with Gasteiger partial charge in [-0.2, -0.15) is 0 Å². The van der Waals surface area contributed by atoms with Crippen molar-refractivity contribution in [1.29, 1.82) is 0 Å². The molecule has 4 heteroatoms. The molecule has 2 rings (SSSR count). The summed E-state index contributed by atoms with van der Waals surface area (Å²) in [4.78, 5) is 12.4. The second-order valence-electron chi connectivity index (χ2n) is 4.52. The number of nitrogens with two attached hydrogens (primary N) is 1. The third kappa shape index (κ3) is 2.05. The Morgan fingerprint density at radius 3 is 2.65 bits per heavy atom. The Morgan fingerprint density at radius 1 is 1.53 bits per heavy atom. The second kappa shape index (κ2) is 4.67. The Hall–Kier alpha value is -1.06. The first kappa shape index (κ1) is 12.4. The summed E-state index contributed by atoms with van der Waals surface area (Å²) < 4.78 is 5.06. The minimum atomic E-state index is -0.349. The lowest BCUT2D eigenvalue weighted by Gasteiger charge is -2.39. The summed E-state index contributed by atoms with van der Waals surface area (Å²) in [5, 5.41) is 0.463. The molecule has 2 N–H and O–H groups in total. The summed E-state index contributed by atoms with van der Waals surface area (Å²) in [6, 6.07) is 5.14. The lowest BCUT2D eigenvalue weighted by molar-refractivity contribution is 0.0636. The van der Waals surface area contributed by atoms with E-state index in [1.807, 2.05) is 0 Å². The van der Waals surface area contributed by atoms with Crippen LogP contribution in [0.1, 0.15) is 29.6 Å². The molecule has 0 aromatic heterocycles. The zero-order chi connectivity index (χ0) is 12.5. The number of carbonyl (C=O) groups is 1. The van der Waals surface area contributed by atoms with Crippen LogP contribution in [0.15, 0.2) is 18.2 Å². The maximum Gasteiger partial charge on any atom is 0.170 e. The lowest BCUT2D eigenvalue weighted by atomic mass is 9.64. The van der Waals surface area contributed by atoms with Crippen molar-refractivity contribution in [3.63, 3.8) is 0 Å². The van der Waals surface area contributed by atoms with Gasteiger partial charge < -0.3 is 10.5 Å².